The van der Waals surface area contributed by atoms with E-state index in [9.17, 15) is 0 Å². The molecule has 0 bridgehead atoms. The number of unbranched alkanes of at least 4 members (excludes halogenated alkanes) is 1. The fourth-order valence-electron chi connectivity index (χ4n) is 2.41. The third-order valence-corrected chi connectivity index (χ3v) is 3.71. The number of furan rings is 1. The van der Waals surface area contributed by atoms with E-state index >= 15 is 0 Å². The van der Waals surface area contributed by atoms with Crippen LogP contribution in [0.2, 0.25) is 0 Å². The molecule has 0 spiro atoms. The van der Waals surface area contributed by atoms with Gasteiger partial charge in [-0.25, -0.2) is 0 Å². The van der Waals surface area contributed by atoms with Crippen LogP contribution in [0.25, 0.3) is 0 Å². The minimum Gasteiger partial charge on any atom is -0.495 e. The van der Waals surface area contributed by atoms with Gasteiger partial charge in [0.25, 0.3) is 0 Å². The molecule has 1 aromatic carbocycles. The van der Waals surface area contributed by atoms with Crippen LogP contribution in [0.3, 0.4) is 0 Å². The second-order valence-electron chi connectivity index (χ2n) is 5.46. The second kappa shape index (κ2) is 8.49. The summed E-state index contributed by atoms with van der Waals surface area (Å²) in [7, 11) is 3.84. The molecule has 0 aliphatic heterocycles. The molecule has 1 heterocycles. The number of benzene rings is 1. The second-order valence-corrected chi connectivity index (χ2v) is 5.46. The molecule has 2 rings (SSSR count). The Balaban J connectivity index is 1.95. The van der Waals surface area contributed by atoms with Gasteiger partial charge in [-0.2, -0.15) is 0 Å². The Labute approximate surface area is 133 Å². The summed E-state index contributed by atoms with van der Waals surface area (Å²) in [5.41, 5.74) is 2.35. The van der Waals surface area contributed by atoms with Gasteiger partial charge in [0.2, 0.25) is 0 Å². The lowest BCUT2D eigenvalue weighted by molar-refractivity contribution is 0.414. The third-order valence-electron chi connectivity index (χ3n) is 3.71. The molecule has 0 aliphatic rings. The molecule has 1 N–H and O–H groups in total. The van der Waals surface area contributed by atoms with Crippen molar-refractivity contribution in [3.05, 3.63) is 47.9 Å². The van der Waals surface area contributed by atoms with E-state index < -0.39 is 0 Å². The molecule has 4 heteroatoms. The zero-order valence-electron chi connectivity index (χ0n) is 13.8. The van der Waals surface area contributed by atoms with Gasteiger partial charge in [-0.15, -0.1) is 0 Å². The van der Waals surface area contributed by atoms with Gasteiger partial charge >= 0.3 is 0 Å². The molecule has 0 fully saturated rings. The van der Waals surface area contributed by atoms with Gasteiger partial charge in [0.05, 0.1) is 25.6 Å². The Bertz CT molecular complexity index is 552. The first kappa shape index (κ1) is 16.4. The van der Waals surface area contributed by atoms with Gasteiger partial charge in [-0.05, 0) is 36.2 Å². The van der Waals surface area contributed by atoms with Crippen molar-refractivity contribution in [3.63, 3.8) is 0 Å². The van der Waals surface area contributed by atoms with Gasteiger partial charge in [0.15, 0.2) is 0 Å². The number of nitrogens with one attached hydrogen (secondary N) is 1. The number of rotatable bonds is 9. The molecule has 1 aromatic heterocycles. The van der Waals surface area contributed by atoms with Crippen LogP contribution in [0.5, 0.6) is 5.75 Å². The van der Waals surface area contributed by atoms with E-state index in [4.69, 9.17) is 9.15 Å². The topological polar surface area (TPSA) is 37.6 Å². The smallest absolute Gasteiger partial charge is 0.142 e. The van der Waals surface area contributed by atoms with Gasteiger partial charge < -0.3 is 19.4 Å². The molecule has 2 aromatic rings. The molecule has 120 valence electrons. The third kappa shape index (κ3) is 4.53. The van der Waals surface area contributed by atoms with Gasteiger partial charge in [-0.3, -0.25) is 0 Å². The summed E-state index contributed by atoms with van der Waals surface area (Å²) < 4.78 is 10.9. The van der Waals surface area contributed by atoms with Gasteiger partial charge in [0, 0.05) is 20.1 Å². The molecular weight excluding hydrogens is 276 g/mol. The lowest BCUT2D eigenvalue weighted by Gasteiger charge is -2.22. The highest BCUT2D eigenvalue weighted by Crippen LogP contribution is 2.28. The Morgan fingerprint density at radius 1 is 1.23 bits per heavy atom. The summed E-state index contributed by atoms with van der Waals surface area (Å²) in [4.78, 5) is 2.25. The highest BCUT2D eigenvalue weighted by atomic mass is 16.5. The van der Waals surface area contributed by atoms with E-state index in [0.29, 0.717) is 0 Å². The summed E-state index contributed by atoms with van der Waals surface area (Å²) in [5.74, 6) is 1.87. The number of ether oxygens (including phenoxy) is 1. The fourth-order valence-corrected chi connectivity index (χ4v) is 2.41. The van der Waals surface area contributed by atoms with Crippen molar-refractivity contribution in [1.82, 2.24) is 5.32 Å². The summed E-state index contributed by atoms with van der Waals surface area (Å²) >= 11 is 0. The predicted molar refractivity (Wildman–Crippen MR) is 90.4 cm³/mol. The van der Waals surface area contributed by atoms with Crippen molar-refractivity contribution in [2.24, 2.45) is 0 Å². The molecule has 0 atom stereocenters. The summed E-state index contributed by atoms with van der Waals surface area (Å²) in [6, 6.07) is 10.3. The normalized spacial score (nSPS) is 10.7. The molecule has 0 aliphatic carbocycles. The maximum Gasteiger partial charge on any atom is 0.142 e. The minimum absolute atomic E-state index is 0.730. The monoisotopic (exact) mass is 302 g/mol. The van der Waals surface area contributed by atoms with Crippen molar-refractivity contribution in [2.45, 2.75) is 32.9 Å². The summed E-state index contributed by atoms with van der Waals surface area (Å²) in [6.45, 7) is 4.77. The quantitative estimate of drug-likeness (QED) is 0.764. The Morgan fingerprint density at radius 3 is 2.77 bits per heavy atom. The highest BCUT2D eigenvalue weighted by molar-refractivity contribution is 5.59. The average molecular weight is 302 g/mol. The number of hydrogen-bond acceptors (Lipinski definition) is 4. The van der Waals surface area contributed by atoms with Crippen LogP contribution in [0.1, 0.15) is 31.1 Å². The molecule has 0 saturated carbocycles. The first-order valence-corrected chi connectivity index (χ1v) is 7.85. The lowest BCUT2D eigenvalue weighted by atomic mass is 10.1. The SMILES string of the molecule is CCCCN(C)c1ccc(CNCc2ccco2)cc1OC. The Hall–Kier alpha value is -1.94. The van der Waals surface area contributed by atoms with E-state index in [-0.39, 0.29) is 0 Å². The highest BCUT2D eigenvalue weighted by Gasteiger charge is 2.09. The molecule has 22 heavy (non-hydrogen) atoms. The molecule has 0 radical (unpaired) electrons. The first-order valence-electron chi connectivity index (χ1n) is 7.85. The van der Waals surface area contributed by atoms with E-state index in [1.54, 1.807) is 13.4 Å². The van der Waals surface area contributed by atoms with Crippen LogP contribution in [0, 0.1) is 0 Å². The largest absolute Gasteiger partial charge is 0.495 e. The van der Waals surface area contributed by atoms with Crippen molar-refractivity contribution >= 4 is 5.69 Å². The van der Waals surface area contributed by atoms with Gasteiger partial charge in [0.1, 0.15) is 11.5 Å². The van der Waals surface area contributed by atoms with Gasteiger partial charge in [-0.1, -0.05) is 19.4 Å². The Kier molecular flexibility index (Phi) is 6.34. The van der Waals surface area contributed by atoms with Crippen LogP contribution in [-0.2, 0) is 13.1 Å². The van der Waals surface area contributed by atoms with Crippen LogP contribution in [0.15, 0.2) is 41.0 Å². The summed E-state index contributed by atoms with van der Waals surface area (Å²) in [6.07, 6.45) is 4.08. The van der Waals surface area contributed by atoms with Crippen LogP contribution in [0.4, 0.5) is 5.69 Å². The maximum atomic E-state index is 5.55. The van der Waals surface area contributed by atoms with Crippen molar-refractivity contribution < 1.29 is 9.15 Å². The van der Waals surface area contributed by atoms with Crippen molar-refractivity contribution in [3.8, 4) is 5.75 Å². The minimum atomic E-state index is 0.730. The van der Waals surface area contributed by atoms with Crippen LogP contribution >= 0.6 is 0 Å². The lowest BCUT2D eigenvalue weighted by Crippen LogP contribution is -2.19. The number of methoxy groups -OCH3 is 1. The molecular formula is C18H26N2O2. The van der Waals surface area contributed by atoms with Crippen LogP contribution in [-0.4, -0.2) is 20.7 Å². The Morgan fingerprint density at radius 2 is 2.09 bits per heavy atom. The molecule has 0 amide bonds. The van der Waals surface area contributed by atoms with Crippen LogP contribution < -0.4 is 15.0 Å². The van der Waals surface area contributed by atoms with E-state index in [2.05, 4.69) is 42.4 Å². The average Bonchev–Trinajstić information content (AvgIpc) is 3.05. The molecule has 0 unspecified atom stereocenters. The molecule has 4 nitrogen and oxygen atoms in total. The molecule has 0 saturated heterocycles. The zero-order chi connectivity index (χ0) is 15.8. The van der Waals surface area contributed by atoms with Crippen molar-refractivity contribution in [2.75, 3.05) is 25.6 Å². The first-order chi connectivity index (χ1) is 10.7. The number of hydrogen-bond donors (Lipinski definition) is 1. The zero-order valence-corrected chi connectivity index (χ0v) is 13.8. The number of nitrogens with zero attached hydrogens (tertiary/aromatic N) is 1. The number of anilines is 1. The summed E-state index contributed by atoms with van der Waals surface area (Å²) in [5, 5.41) is 3.38. The maximum absolute atomic E-state index is 5.55. The standard InChI is InChI=1S/C18H26N2O2/c1-4-5-10-20(2)17-9-8-15(12-18(17)21-3)13-19-14-16-7-6-11-22-16/h6-9,11-12,19H,4-5,10,13-14H2,1-3H3. The van der Waals surface area contributed by atoms with E-state index in [1.807, 2.05) is 12.1 Å². The fraction of sp³-hybridized carbons (Fsp3) is 0.444. The van der Waals surface area contributed by atoms with E-state index in [1.165, 1.54) is 18.4 Å². The predicted octanol–water partition coefficient (Wildman–Crippen LogP) is 3.81. The van der Waals surface area contributed by atoms with E-state index in [0.717, 1.165) is 36.8 Å². The van der Waals surface area contributed by atoms with Crippen molar-refractivity contribution in [1.29, 1.82) is 0 Å².